The van der Waals surface area contributed by atoms with Gasteiger partial charge in [-0.15, -0.1) is 0 Å². The van der Waals surface area contributed by atoms with E-state index in [0.717, 1.165) is 28.9 Å². The molecule has 21 heavy (non-hydrogen) atoms. The molecule has 4 heteroatoms. The minimum atomic E-state index is -1.25. The fourth-order valence-corrected chi connectivity index (χ4v) is 3.33. The topological polar surface area (TPSA) is 55.8 Å². The van der Waals surface area contributed by atoms with Crippen molar-refractivity contribution in [3.05, 3.63) is 52.6 Å². The van der Waals surface area contributed by atoms with Gasteiger partial charge in [0, 0.05) is 25.5 Å². The van der Waals surface area contributed by atoms with Crippen molar-refractivity contribution in [3.63, 3.8) is 0 Å². The highest BCUT2D eigenvalue weighted by atomic mass is 16.5. The number of carbonyl (C=O) groups is 1. The molecule has 2 aliphatic rings. The van der Waals surface area contributed by atoms with Gasteiger partial charge in [-0.3, -0.25) is 0 Å². The first-order valence-electron chi connectivity index (χ1n) is 6.94. The van der Waals surface area contributed by atoms with E-state index in [1.165, 1.54) is 12.7 Å². The molecule has 1 aromatic rings. The zero-order chi connectivity index (χ0) is 15.0. The summed E-state index contributed by atoms with van der Waals surface area (Å²) in [5.41, 5.74) is 2.90. The summed E-state index contributed by atoms with van der Waals surface area (Å²) in [5.74, 6) is -0.121. The number of aliphatic carboxylic acids is 1. The molecule has 1 unspecified atom stereocenters. The van der Waals surface area contributed by atoms with E-state index in [9.17, 15) is 9.90 Å². The molecule has 0 spiro atoms. The molecule has 0 amide bonds. The van der Waals surface area contributed by atoms with E-state index in [0.29, 0.717) is 12.8 Å². The Hall–Kier alpha value is -2.07. The Morgan fingerprint density at radius 1 is 1.29 bits per heavy atom. The summed E-state index contributed by atoms with van der Waals surface area (Å²) < 4.78 is 10.9. The van der Waals surface area contributed by atoms with Crippen molar-refractivity contribution < 1.29 is 19.4 Å². The quantitative estimate of drug-likeness (QED) is 0.927. The highest BCUT2D eigenvalue weighted by molar-refractivity contribution is 5.84. The molecule has 2 aliphatic carbocycles. The molecule has 0 saturated heterocycles. The van der Waals surface area contributed by atoms with Crippen molar-refractivity contribution in [2.45, 2.75) is 24.9 Å². The molecule has 1 atom stereocenters. The molecule has 1 N–H and O–H groups in total. The van der Waals surface area contributed by atoms with E-state index in [2.05, 4.69) is 6.07 Å². The molecule has 0 aliphatic heterocycles. The average molecular weight is 286 g/mol. The van der Waals surface area contributed by atoms with E-state index in [1.54, 1.807) is 7.11 Å². The first kappa shape index (κ1) is 13.9. The lowest BCUT2D eigenvalue weighted by Gasteiger charge is -2.37. The summed E-state index contributed by atoms with van der Waals surface area (Å²) in [4.78, 5) is 11.8. The molecule has 0 radical (unpaired) electrons. The van der Waals surface area contributed by atoms with Gasteiger partial charge < -0.3 is 14.6 Å². The third kappa shape index (κ3) is 1.98. The Labute approximate surface area is 123 Å². The molecule has 3 rings (SSSR count). The number of rotatable bonds is 3. The van der Waals surface area contributed by atoms with Crippen LogP contribution in [0.3, 0.4) is 0 Å². The van der Waals surface area contributed by atoms with E-state index in [4.69, 9.17) is 9.47 Å². The van der Waals surface area contributed by atoms with Crippen LogP contribution in [0.5, 0.6) is 5.75 Å². The minimum absolute atomic E-state index is 0.363. The lowest BCUT2D eigenvalue weighted by molar-refractivity contribution is -0.157. The summed E-state index contributed by atoms with van der Waals surface area (Å²) in [5, 5.41) is 9.68. The van der Waals surface area contributed by atoms with Crippen LogP contribution in [0, 0.1) is 0 Å². The first-order chi connectivity index (χ1) is 10.1. The van der Waals surface area contributed by atoms with Crippen molar-refractivity contribution in [1.82, 2.24) is 0 Å². The average Bonchev–Trinajstić information content (AvgIpc) is 2.51. The highest BCUT2D eigenvalue weighted by Crippen LogP contribution is 2.42. The van der Waals surface area contributed by atoms with Gasteiger partial charge in [-0.25, -0.2) is 4.79 Å². The van der Waals surface area contributed by atoms with Gasteiger partial charge in [-0.05, 0) is 29.2 Å². The molecule has 1 aromatic carbocycles. The van der Waals surface area contributed by atoms with Gasteiger partial charge in [0.25, 0.3) is 0 Å². The standard InChI is InChI=1S/C17H18O4/c1-20-15-7-3-5-11-9-12-6-4-8-17(21-2,16(18)19)14(12)10-13(11)15/h3-7H,8-10H2,1-2H3,(H,18,19). The Morgan fingerprint density at radius 3 is 2.76 bits per heavy atom. The number of fused-ring (bicyclic) bond motifs is 1. The second-order valence-electron chi connectivity index (χ2n) is 5.40. The number of ether oxygens (including phenoxy) is 2. The molecular weight excluding hydrogens is 268 g/mol. The second-order valence-corrected chi connectivity index (χ2v) is 5.40. The molecule has 0 aromatic heterocycles. The van der Waals surface area contributed by atoms with Crippen LogP contribution in [-0.4, -0.2) is 30.9 Å². The summed E-state index contributed by atoms with van der Waals surface area (Å²) in [7, 11) is 3.11. The van der Waals surface area contributed by atoms with Crippen LogP contribution in [0.4, 0.5) is 0 Å². The summed E-state index contributed by atoms with van der Waals surface area (Å²) >= 11 is 0. The van der Waals surface area contributed by atoms with Crippen LogP contribution in [-0.2, 0) is 22.4 Å². The second kappa shape index (κ2) is 5.04. The van der Waals surface area contributed by atoms with Gasteiger partial charge in [0.1, 0.15) is 5.75 Å². The van der Waals surface area contributed by atoms with Crippen molar-refractivity contribution in [2.24, 2.45) is 0 Å². The Kier molecular flexibility index (Phi) is 3.33. The van der Waals surface area contributed by atoms with Gasteiger partial charge in [-0.1, -0.05) is 24.3 Å². The van der Waals surface area contributed by atoms with Crippen molar-refractivity contribution in [3.8, 4) is 5.75 Å². The van der Waals surface area contributed by atoms with Crippen LogP contribution in [0.2, 0.25) is 0 Å². The maximum atomic E-state index is 11.8. The maximum Gasteiger partial charge on any atom is 0.340 e. The van der Waals surface area contributed by atoms with E-state index in [1.807, 2.05) is 24.3 Å². The lowest BCUT2D eigenvalue weighted by Crippen LogP contribution is -2.45. The largest absolute Gasteiger partial charge is 0.496 e. The van der Waals surface area contributed by atoms with E-state index in [-0.39, 0.29) is 0 Å². The monoisotopic (exact) mass is 286 g/mol. The number of benzene rings is 1. The normalized spacial score (nSPS) is 23.5. The number of carboxylic acids is 1. The molecule has 110 valence electrons. The minimum Gasteiger partial charge on any atom is -0.496 e. The fraction of sp³-hybridized carbons (Fsp3) is 0.353. The smallest absolute Gasteiger partial charge is 0.340 e. The third-order valence-electron chi connectivity index (χ3n) is 4.48. The number of hydrogen-bond donors (Lipinski definition) is 1. The van der Waals surface area contributed by atoms with Gasteiger partial charge >= 0.3 is 5.97 Å². The molecule has 0 bridgehead atoms. The van der Waals surface area contributed by atoms with Crippen LogP contribution < -0.4 is 4.74 Å². The van der Waals surface area contributed by atoms with Gasteiger partial charge in [0.15, 0.2) is 5.60 Å². The van der Waals surface area contributed by atoms with Crippen molar-refractivity contribution in [1.29, 1.82) is 0 Å². The van der Waals surface area contributed by atoms with Crippen LogP contribution in [0.25, 0.3) is 0 Å². The molecule has 0 fully saturated rings. The third-order valence-corrected chi connectivity index (χ3v) is 4.48. The van der Waals surface area contributed by atoms with Crippen LogP contribution >= 0.6 is 0 Å². The summed E-state index contributed by atoms with van der Waals surface area (Å²) in [6.07, 6.45) is 5.55. The summed E-state index contributed by atoms with van der Waals surface area (Å²) in [6, 6.07) is 5.95. The number of allylic oxidation sites excluding steroid dienone is 2. The predicted octanol–water partition coefficient (Wildman–Crippen LogP) is 2.52. The van der Waals surface area contributed by atoms with E-state index < -0.39 is 11.6 Å². The predicted molar refractivity (Wildman–Crippen MR) is 78.6 cm³/mol. The Balaban J connectivity index is 2.12. The van der Waals surface area contributed by atoms with Crippen molar-refractivity contribution in [2.75, 3.05) is 14.2 Å². The first-order valence-corrected chi connectivity index (χ1v) is 6.94. The number of carboxylic acid groups (broad SMARTS) is 1. The zero-order valence-electron chi connectivity index (χ0n) is 12.2. The molecular formula is C17H18O4. The number of methoxy groups -OCH3 is 2. The molecule has 0 heterocycles. The molecule has 0 saturated carbocycles. The fourth-order valence-electron chi connectivity index (χ4n) is 3.33. The SMILES string of the molecule is COc1cccc2c1CC1=C(C=CCC1(OC)C(=O)O)C2. The zero-order valence-corrected chi connectivity index (χ0v) is 12.2. The van der Waals surface area contributed by atoms with Gasteiger partial charge in [-0.2, -0.15) is 0 Å². The van der Waals surface area contributed by atoms with Crippen LogP contribution in [0.15, 0.2) is 41.5 Å². The van der Waals surface area contributed by atoms with Gasteiger partial charge in [0.2, 0.25) is 0 Å². The Morgan fingerprint density at radius 2 is 2.10 bits per heavy atom. The van der Waals surface area contributed by atoms with Crippen molar-refractivity contribution >= 4 is 5.97 Å². The maximum absolute atomic E-state index is 11.8. The molecule has 4 nitrogen and oxygen atoms in total. The van der Waals surface area contributed by atoms with E-state index >= 15 is 0 Å². The number of hydrogen-bond acceptors (Lipinski definition) is 3. The lowest BCUT2D eigenvalue weighted by atomic mass is 9.73. The Bertz CT molecular complexity index is 657. The van der Waals surface area contributed by atoms with Gasteiger partial charge in [0.05, 0.1) is 7.11 Å². The highest BCUT2D eigenvalue weighted by Gasteiger charge is 2.45. The summed E-state index contributed by atoms with van der Waals surface area (Å²) in [6.45, 7) is 0. The van der Waals surface area contributed by atoms with Crippen LogP contribution in [0.1, 0.15) is 17.5 Å².